The number of benzene rings is 2. The molecule has 5 heteroatoms. The predicted octanol–water partition coefficient (Wildman–Crippen LogP) is 3.50. The molecule has 1 unspecified atom stereocenters. The average Bonchev–Trinajstić information content (AvgIpc) is 2.42. The molecule has 0 saturated carbocycles. The van der Waals surface area contributed by atoms with E-state index in [2.05, 4.69) is 21.2 Å². The molecule has 0 aliphatic rings. The molecule has 0 fully saturated rings. The van der Waals surface area contributed by atoms with Gasteiger partial charge in [0.15, 0.2) is 0 Å². The molecule has 0 aliphatic carbocycles. The zero-order chi connectivity index (χ0) is 14.5. The average molecular weight is 338 g/mol. The lowest BCUT2D eigenvalue weighted by molar-refractivity contribution is -0.139. The Morgan fingerprint density at radius 3 is 2.55 bits per heavy atom. The Morgan fingerprint density at radius 1 is 1.25 bits per heavy atom. The highest BCUT2D eigenvalue weighted by molar-refractivity contribution is 9.10. The predicted molar refractivity (Wildman–Crippen MR) is 77.8 cm³/mol. The first-order chi connectivity index (χ1) is 9.58. The molecule has 0 spiro atoms. The maximum Gasteiger partial charge on any atom is 0.325 e. The third kappa shape index (κ3) is 3.65. The van der Waals surface area contributed by atoms with Crippen molar-refractivity contribution in [1.82, 2.24) is 5.32 Å². The highest BCUT2D eigenvalue weighted by Gasteiger charge is 2.19. The van der Waals surface area contributed by atoms with E-state index in [-0.39, 0.29) is 5.82 Å². The van der Waals surface area contributed by atoms with Crippen molar-refractivity contribution in [2.45, 2.75) is 12.6 Å². The van der Waals surface area contributed by atoms with Crippen LogP contribution in [0.5, 0.6) is 0 Å². The Bertz CT molecular complexity index is 604. The van der Waals surface area contributed by atoms with E-state index in [1.165, 1.54) is 12.1 Å². The molecule has 0 radical (unpaired) electrons. The van der Waals surface area contributed by atoms with E-state index in [1.54, 1.807) is 30.3 Å². The molecule has 2 N–H and O–H groups in total. The van der Waals surface area contributed by atoms with Crippen LogP contribution >= 0.6 is 15.9 Å². The second-order valence-electron chi connectivity index (χ2n) is 4.30. The molecule has 0 bridgehead atoms. The minimum absolute atomic E-state index is 0.326. The number of aliphatic carboxylic acids is 1. The van der Waals surface area contributed by atoms with Gasteiger partial charge in [-0.25, -0.2) is 4.39 Å². The highest BCUT2D eigenvalue weighted by atomic mass is 79.9. The Balaban J connectivity index is 2.12. The summed E-state index contributed by atoms with van der Waals surface area (Å²) in [6.45, 7) is 0.326. The summed E-state index contributed by atoms with van der Waals surface area (Å²) in [5.41, 5.74) is 1.48. The number of carbonyl (C=O) groups is 1. The maximum absolute atomic E-state index is 13.0. The normalized spacial score (nSPS) is 12.1. The largest absolute Gasteiger partial charge is 0.480 e. The van der Waals surface area contributed by atoms with E-state index in [4.69, 9.17) is 0 Å². The molecule has 0 aromatic heterocycles. The monoisotopic (exact) mass is 337 g/mol. The summed E-state index contributed by atoms with van der Waals surface area (Å²) in [6, 6.07) is 12.5. The summed E-state index contributed by atoms with van der Waals surface area (Å²) in [6.07, 6.45) is 0. The smallest absolute Gasteiger partial charge is 0.325 e. The van der Waals surface area contributed by atoms with Crippen LogP contribution in [-0.4, -0.2) is 11.1 Å². The number of hydrogen-bond donors (Lipinski definition) is 2. The third-order valence-electron chi connectivity index (χ3n) is 2.89. The zero-order valence-corrected chi connectivity index (χ0v) is 12.1. The molecule has 2 aromatic carbocycles. The van der Waals surface area contributed by atoms with Crippen molar-refractivity contribution in [2.24, 2.45) is 0 Å². The number of nitrogens with one attached hydrogen (secondary N) is 1. The van der Waals surface area contributed by atoms with Gasteiger partial charge in [-0.05, 0) is 23.3 Å². The van der Waals surface area contributed by atoms with Gasteiger partial charge in [0.2, 0.25) is 0 Å². The number of hydrogen-bond acceptors (Lipinski definition) is 2. The van der Waals surface area contributed by atoms with Gasteiger partial charge in [0.05, 0.1) is 0 Å². The zero-order valence-electron chi connectivity index (χ0n) is 10.5. The van der Waals surface area contributed by atoms with Crippen LogP contribution in [-0.2, 0) is 11.3 Å². The summed E-state index contributed by atoms with van der Waals surface area (Å²) in [4.78, 5) is 11.3. The van der Waals surface area contributed by atoms with Crippen LogP contribution in [0.3, 0.4) is 0 Å². The maximum atomic E-state index is 13.0. The van der Waals surface area contributed by atoms with Gasteiger partial charge in [-0.1, -0.05) is 52.3 Å². The first-order valence-electron chi connectivity index (χ1n) is 6.03. The number of halogens is 2. The molecule has 3 nitrogen and oxygen atoms in total. The van der Waals surface area contributed by atoms with Crippen LogP contribution in [0.1, 0.15) is 17.2 Å². The first-order valence-corrected chi connectivity index (χ1v) is 6.82. The van der Waals surface area contributed by atoms with Gasteiger partial charge < -0.3 is 5.11 Å². The molecule has 0 saturated heterocycles. The fourth-order valence-electron chi connectivity index (χ4n) is 1.87. The van der Waals surface area contributed by atoms with Crippen LogP contribution < -0.4 is 5.32 Å². The molecule has 1 atom stereocenters. The lowest BCUT2D eigenvalue weighted by Crippen LogP contribution is -2.28. The van der Waals surface area contributed by atoms with Gasteiger partial charge in [0.25, 0.3) is 0 Å². The number of carboxylic acids is 1. The second kappa shape index (κ2) is 6.63. The van der Waals surface area contributed by atoms with Gasteiger partial charge in [0, 0.05) is 11.0 Å². The van der Waals surface area contributed by atoms with Crippen molar-refractivity contribution in [1.29, 1.82) is 0 Å². The third-order valence-corrected chi connectivity index (χ3v) is 3.63. The van der Waals surface area contributed by atoms with Gasteiger partial charge in [-0.3, -0.25) is 10.1 Å². The summed E-state index contributed by atoms with van der Waals surface area (Å²) >= 11 is 3.26. The minimum Gasteiger partial charge on any atom is -0.480 e. The summed E-state index contributed by atoms with van der Waals surface area (Å²) in [5.74, 6) is -1.28. The molecule has 2 rings (SSSR count). The van der Waals surface area contributed by atoms with Crippen molar-refractivity contribution in [3.8, 4) is 0 Å². The van der Waals surface area contributed by atoms with Crippen LogP contribution in [0.15, 0.2) is 53.0 Å². The van der Waals surface area contributed by atoms with Gasteiger partial charge in [-0.2, -0.15) is 0 Å². The Labute approximate surface area is 124 Å². The van der Waals surface area contributed by atoms with Crippen LogP contribution in [0.2, 0.25) is 0 Å². The molecular weight excluding hydrogens is 325 g/mol. The molecule has 2 aromatic rings. The Morgan fingerprint density at radius 2 is 1.95 bits per heavy atom. The summed E-state index contributed by atoms with van der Waals surface area (Å²) in [7, 11) is 0. The molecule has 0 amide bonds. The molecular formula is C15H13BrFNO2. The molecule has 104 valence electrons. The molecule has 20 heavy (non-hydrogen) atoms. The highest BCUT2D eigenvalue weighted by Crippen LogP contribution is 2.20. The second-order valence-corrected chi connectivity index (χ2v) is 5.15. The Hall–Kier alpha value is -1.72. The van der Waals surface area contributed by atoms with Crippen molar-refractivity contribution in [2.75, 3.05) is 0 Å². The van der Waals surface area contributed by atoms with Crippen LogP contribution in [0.4, 0.5) is 4.39 Å². The molecule has 0 aliphatic heterocycles. The molecule has 0 heterocycles. The standard InChI is InChI=1S/C15H13BrFNO2/c16-13-8-12(17)7-6-11(13)9-18-14(15(19)20)10-4-2-1-3-5-10/h1-8,14,18H,9H2,(H,19,20). The van der Waals surface area contributed by atoms with Crippen molar-refractivity contribution in [3.05, 3.63) is 69.9 Å². The van der Waals surface area contributed by atoms with E-state index < -0.39 is 12.0 Å². The van der Waals surface area contributed by atoms with Crippen LogP contribution in [0, 0.1) is 5.82 Å². The lowest BCUT2D eigenvalue weighted by atomic mass is 10.1. The first kappa shape index (κ1) is 14.7. The fraction of sp³-hybridized carbons (Fsp3) is 0.133. The van der Waals surface area contributed by atoms with E-state index in [9.17, 15) is 14.3 Å². The lowest BCUT2D eigenvalue weighted by Gasteiger charge is -2.15. The number of carboxylic acid groups (broad SMARTS) is 1. The van der Waals surface area contributed by atoms with E-state index in [0.717, 1.165) is 5.56 Å². The minimum atomic E-state index is -0.950. The topological polar surface area (TPSA) is 49.3 Å². The van der Waals surface area contributed by atoms with Crippen molar-refractivity contribution in [3.63, 3.8) is 0 Å². The van der Waals surface area contributed by atoms with E-state index >= 15 is 0 Å². The van der Waals surface area contributed by atoms with E-state index in [1.807, 2.05) is 6.07 Å². The fourth-order valence-corrected chi connectivity index (χ4v) is 2.36. The number of rotatable bonds is 5. The van der Waals surface area contributed by atoms with Crippen LogP contribution in [0.25, 0.3) is 0 Å². The van der Waals surface area contributed by atoms with Gasteiger partial charge >= 0.3 is 5.97 Å². The SMILES string of the molecule is O=C(O)C(NCc1ccc(F)cc1Br)c1ccccc1. The summed E-state index contributed by atoms with van der Waals surface area (Å²) in [5, 5.41) is 12.2. The Kier molecular flexibility index (Phi) is 4.87. The van der Waals surface area contributed by atoms with Gasteiger partial charge in [0.1, 0.15) is 11.9 Å². The van der Waals surface area contributed by atoms with Crippen molar-refractivity contribution >= 4 is 21.9 Å². The quantitative estimate of drug-likeness (QED) is 0.877. The summed E-state index contributed by atoms with van der Waals surface area (Å²) < 4.78 is 13.6. The van der Waals surface area contributed by atoms with E-state index in [0.29, 0.717) is 16.6 Å². The van der Waals surface area contributed by atoms with Gasteiger partial charge in [-0.15, -0.1) is 0 Å². The van der Waals surface area contributed by atoms with Crippen molar-refractivity contribution < 1.29 is 14.3 Å².